The SMILES string of the molecule is Cc1cccnc1C(=O)NC(C)CCCC(C)C(=O)O. The standard InChI is InChI=1S/C15H22N2O3/c1-10-7-5-9-16-13(10)14(18)17-12(3)8-4-6-11(2)15(19)20/h5,7,9,11-12H,4,6,8H2,1-3H3,(H,17,18)(H,19,20). The van der Waals surface area contributed by atoms with Crippen LogP contribution in [0.15, 0.2) is 18.3 Å². The fourth-order valence-corrected chi connectivity index (χ4v) is 1.94. The number of nitrogens with zero attached hydrogens (tertiary/aromatic N) is 1. The van der Waals surface area contributed by atoms with Crippen molar-refractivity contribution in [2.24, 2.45) is 5.92 Å². The molecular weight excluding hydrogens is 256 g/mol. The maximum Gasteiger partial charge on any atom is 0.306 e. The Labute approximate surface area is 119 Å². The van der Waals surface area contributed by atoms with Crippen LogP contribution in [0.4, 0.5) is 0 Å². The van der Waals surface area contributed by atoms with E-state index in [9.17, 15) is 9.59 Å². The average molecular weight is 278 g/mol. The minimum absolute atomic E-state index is 0.00454. The van der Waals surface area contributed by atoms with E-state index in [1.54, 1.807) is 19.2 Å². The van der Waals surface area contributed by atoms with E-state index in [1.807, 2.05) is 19.9 Å². The monoisotopic (exact) mass is 278 g/mol. The molecule has 0 saturated carbocycles. The maximum absolute atomic E-state index is 12.0. The summed E-state index contributed by atoms with van der Waals surface area (Å²) in [6.45, 7) is 5.46. The van der Waals surface area contributed by atoms with Crippen LogP contribution in [0.3, 0.4) is 0 Å². The van der Waals surface area contributed by atoms with Gasteiger partial charge in [-0.05, 0) is 38.3 Å². The van der Waals surface area contributed by atoms with Crippen molar-refractivity contribution in [3.63, 3.8) is 0 Å². The van der Waals surface area contributed by atoms with Crippen molar-refractivity contribution in [1.82, 2.24) is 10.3 Å². The third-order valence-corrected chi connectivity index (χ3v) is 3.30. The van der Waals surface area contributed by atoms with Gasteiger partial charge >= 0.3 is 5.97 Å². The number of hydrogen-bond acceptors (Lipinski definition) is 3. The van der Waals surface area contributed by atoms with E-state index in [4.69, 9.17) is 5.11 Å². The number of carbonyl (C=O) groups excluding carboxylic acids is 1. The number of aryl methyl sites for hydroxylation is 1. The van der Waals surface area contributed by atoms with Gasteiger partial charge in [0.1, 0.15) is 5.69 Å². The number of aromatic nitrogens is 1. The van der Waals surface area contributed by atoms with Gasteiger partial charge in [0.05, 0.1) is 5.92 Å². The van der Waals surface area contributed by atoms with Crippen molar-refractivity contribution in [3.8, 4) is 0 Å². The quantitative estimate of drug-likeness (QED) is 0.802. The predicted molar refractivity (Wildman–Crippen MR) is 76.6 cm³/mol. The van der Waals surface area contributed by atoms with E-state index in [2.05, 4.69) is 10.3 Å². The molecule has 0 saturated heterocycles. The highest BCUT2D eigenvalue weighted by molar-refractivity contribution is 5.93. The molecule has 2 unspecified atom stereocenters. The molecule has 0 spiro atoms. The molecule has 5 nitrogen and oxygen atoms in total. The lowest BCUT2D eigenvalue weighted by Gasteiger charge is -2.15. The van der Waals surface area contributed by atoms with Crippen molar-refractivity contribution in [3.05, 3.63) is 29.6 Å². The number of amides is 1. The fraction of sp³-hybridized carbons (Fsp3) is 0.533. The van der Waals surface area contributed by atoms with Crippen LogP contribution >= 0.6 is 0 Å². The predicted octanol–water partition coefficient (Wildman–Crippen LogP) is 2.40. The van der Waals surface area contributed by atoms with Crippen LogP contribution in [0.2, 0.25) is 0 Å². The first kappa shape index (κ1) is 16.1. The molecule has 2 atom stereocenters. The first-order valence-electron chi connectivity index (χ1n) is 6.87. The summed E-state index contributed by atoms with van der Waals surface area (Å²) in [5, 5.41) is 11.7. The first-order valence-corrected chi connectivity index (χ1v) is 6.87. The second-order valence-corrected chi connectivity index (χ2v) is 5.21. The van der Waals surface area contributed by atoms with Gasteiger partial charge in [0.15, 0.2) is 0 Å². The van der Waals surface area contributed by atoms with Crippen molar-refractivity contribution in [1.29, 1.82) is 0 Å². The van der Waals surface area contributed by atoms with Gasteiger partial charge in [0, 0.05) is 12.2 Å². The normalized spacial score (nSPS) is 13.6. The van der Waals surface area contributed by atoms with E-state index >= 15 is 0 Å². The second kappa shape index (κ2) is 7.62. The molecule has 1 aromatic rings. The van der Waals surface area contributed by atoms with Crippen LogP contribution in [-0.4, -0.2) is 28.0 Å². The van der Waals surface area contributed by atoms with Crippen LogP contribution < -0.4 is 5.32 Å². The van der Waals surface area contributed by atoms with Gasteiger partial charge in [0.2, 0.25) is 0 Å². The number of hydrogen-bond donors (Lipinski definition) is 2. The Hall–Kier alpha value is -1.91. The molecule has 1 amide bonds. The molecule has 2 N–H and O–H groups in total. The topological polar surface area (TPSA) is 79.3 Å². The van der Waals surface area contributed by atoms with E-state index in [0.717, 1.165) is 18.4 Å². The summed E-state index contributed by atoms with van der Waals surface area (Å²) in [5.41, 5.74) is 1.29. The molecule has 1 heterocycles. The van der Waals surface area contributed by atoms with Gasteiger partial charge < -0.3 is 10.4 Å². The highest BCUT2D eigenvalue weighted by Crippen LogP contribution is 2.10. The highest BCUT2D eigenvalue weighted by Gasteiger charge is 2.14. The Balaban J connectivity index is 2.39. The number of carboxylic acid groups (broad SMARTS) is 1. The Morgan fingerprint density at radius 2 is 2.05 bits per heavy atom. The van der Waals surface area contributed by atoms with Gasteiger partial charge in [-0.15, -0.1) is 0 Å². The lowest BCUT2D eigenvalue weighted by Crippen LogP contribution is -2.33. The van der Waals surface area contributed by atoms with Crippen molar-refractivity contribution < 1.29 is 14.7 Å². The highest BCUT2D eigenvalue weighted by atomic mass is 16.4. The molecule has 0 aliphatic rings. The zero-order valence-corrected chi connectivity index (χ0v) is 12.2. The number of pyridine rings is 1. The summed E-state index contributed by atoms with van der Waals surface area (Å²) in [6.07, 6.45) is 3.75. The van der Waals surface area contributed by atoms with Crippen molar-refractivity contribution in [2.75, 3.05) is 0 Å². The molecule has 0 fully saturated rings. The summed E-state index contributed by atoms with van der Waals surface area (Å²) in [5.74, 6) is -1.29. The van der Waals surface area contributed by atoms with Crippen molar-refractivity contribution >= 4 is 11.9 Å². The Bertz CT molecular complexity index is 474. The third kappa shape index (κ3) is 4.99. The molecule has 0 bridgehead atoms. The molecule has 110 valence electrons. The zero-order chi connectivity index (χ0) is 15.1. The smallest absolute Gasteiger partial charge is 0.306 e. The van der Waals surface area contributed by atoms with Crippen LogP contribution in [0.1, 0.15) is 49.2 Å². The third-order valence-electron chi connectivity index (χ3n) is 3.30. The van der Waals surface area contributed by atoms with Gasteiger partial charge in [-0.3, -0.25) is 14.6 Å². The lowest BCUT2D eigenvalue weighted by atomic mass is 10.0. The summed E-state index contributed by atoms with van der Waals surface area (Å²) < 4.78 is 0. The first-order chi connectivity index (χ1) is 9.41. The Kier molecular flexibility index (Phi) is 6.15. The largest absolute Gasteiger partial charge is 0.481 e. The number of carboxylic acids is 1. The van der Waals surface area contributed by atoms with Gasteiger partial charge in [-0.2, -0.15) is 0 Å². The lowest BCUT2D eigenvalue weighted by molar-refractivity contribution is -0.141. The minimum Gasteiger partial charge on any atom is -0.481 e. The average Bonchev–Trinajstić information content (AvgIpc) is 2.38. The second-order valence-electron chi connectivity index (χ2n) is 5.21. The molecule has 0 aliphatic carbocycles. The molecule has 1 aromatic heterocycles. The fourth-order valence-electron chi connectivity index (χ4n) is 1.94. The Morgan fingerprint density at radius 1 is 1.35 bits per heavy atom. The summed E-state index contributed by atoms with van der Waals surface area (Å²) in [7, 11) is 0. The summed E-state index contributed by atoms with van der Waals surface area (Å²) >= 11 is 0. The van der Waals surface area contributed by atoms with E-state index in [1.165, 1.54) is 0 Å². The molecule has 0 radical (unpaired) electrons. The number of carbonyl (C=O) groups is 2. The molecule has 1 rings (SSSR count). The number of rotatable bonds is 7. The van der Waals surface area contributed by atoms with Crippen LogP contribution in [0.25, 0.3) is 0 Å². The molecule has 0 aromatic carbocycles. The maximum atomic E-state index is 12.0. The summed E-state index contributed by atoms with van der Waals surface area (Å²) in [4.78, 5) is 26.8. The van der Waals surface area contributed by atoms with Crippen LogP contribution in [0.5, 0.6) is 0 Å². The van der Waals surface area contributed by atoms with E-state index in [-0.39, 0.29) is 17.9 Å². The van der Waals surface area contributed by atoms with Gasteiger partial charge in [-0.25, -0.2) is 0 Å². The molecule has 20 heavy (non-hydrogen) atoms. The number of nitrogens with one attached hydrogen (secondary N) is 1. The van der Waals surface area contributed by atoms with Crippen molar-refractivity contribution in [2.45, 2.75) is 46.1 Å². The van der Waals surface area contributed by atoms with Gasteiger partial charge in [-0.1, -0.05) is 19.4 Å². The molecule has 5 heteroatoms. The Morgan fingerprint density at radius 3 is 2.65 bits per heavy atom. The van der Waals surface area contributed by atoms with Gasteiger partial charge in [0.25, 0.3) is 5.91 Å². The number of aliphatic carboxylic acids is 1. The molecular formula is C15H22N2O3. The van der Waals surface area contributed by atoms with E-state index in [0.29, 0.717) is 12.1 Å². The summed E-state index contributed by atoms with van der Waals surface area (Å²) in [6, 6.07) is 3.65. The van der Waals surface area contributed by atoms with Crippen LogP contribution in [0, 0.1) is 12.8 Å². The van der Waals surface area contributed by atoms with E-state index < -0.39 is 5.97 Å². The molecule has 0 aliphatic heterocycles. The van der Waals surface area contributed by atoms with Crippen LogP contribution in [-0.2, 0) is 4.79 Å². The zero-order valence-electron chi connectivity index (χ0n) is 12.2. The minimum atomic E-state index is -0.772.